The minimum Gasteiger partial charge on any atom is -0.349 e. The van der Waals surface area contributed by atoms with Crippen LogP contribution in [0.5, 0.6) is 0 Å². The minimum absolute atomic E-state index is 0.208. The highest BCUT2D eigenvalue weighted by Gasteiger charge is 2.12. The molecule has 0 aromatic heterocycles. The SMILES string of the molecule is CN1CCN(NCCCC(=O)N(C)C)CC1. The summed E-state index contributed by atoms with van der Waals surface area (Å²) < 4.78 is 0. The zero-order valence-corrected chi connectivity index (χ0v) is 10.7. The first-order valence-electron chi connectivity index (χ1n) is 5.96. The summed E-state index contributed by atoms with van der Waals surface area (Å²) in [5.74, 6) is 0.208. The van der Waals surface area contributed by atoms with Crippen LogP contribution in [0.4, 0.5) is 0 Å². The lowest BCUT2D eigenvalue weighted by Gasteiger charge is -2.32. The fraction of sp³-hybridized carbons (Fsp3) is 0.909. The maximum absolute atomic E-state index is 11.3. The van der Waals surface area contributed by atoms with Crippen LogP contribution in [0.1, 0.15) is 12.8 Å². The largest absolute Gasteiger partial charge is 0.349 e. The van der Waals surface area contributed by atoms with Gasteiger partial charge in [-0.3, -0.25) is 10.2 Å². The van der Waals surface area contributed by atoms with Gasteiger partial charge < -0.3 is 9.80 Å². The standard InChI is InChI=1S/C11H24N4O/c1-13(2)11(16)5-4-6-12-15-9-7-14(3)8-10-15/h12H,4-10H2,1-3H3. The molecule has 0 radical (unpaired) electrons. The molecule has 94 valence electrons. The average Bonchev–Trinajstić information content (AvgIpc) is 2.26. The number of carbonyl (C=O) groups excluding carboxylic acids is 1. The van der Waals surface area contributed by atoms with Crippen LogP contribution in [0.2, 0.25) is 0 Å². The van der Waals surface area contributed by atoms with Gasteiger partial charge in [-0.15, -0.1) is 0 Å². The topological polar surface area (TPSA) is 38.8 Å². The van der Waals surface area contributed by atoms with Gasteiger partial charge in [0.2, 0.25) is 5.91 Å². The fourth-order valence-electron chi connectivity index (χ4n) is 1.66. The molecule has 0 aromatic rings. The van der Waals surface area contributed by atoms with E-state index in [2.05, 4.69) is 22.4 Å². The van der Waals surface area contributed by atoms with Gasteiger partial charge in [-0.05, 0) is 13.5 Å². The Morgan fingerprint density at radius 2 is 1.88 bits per heavy atom. The van der Waals surface area contributed by atoms with Crippen LogP contribution in [0.25, 0.3) is 0 Å². The Kier molecular flexibility index (Phi) is 5.73. The Bertz CT molecular complexity index is 212. The summed E-state index contributed by atoms with van der Waals surface area (Å²) >= 11 is 0. The third-order valence-electron chi connectivity index (χ3n) is 2.90. The van der Waals surface area contributed by atoms with Gasteiger partial charge in [-0.25, -0.2) is 5.01 Å². The van der Waals surface area contributed by atoms with Crippen LogP contribution in [0.15, 0.2) is 0 Å². The van der Waals surface area contributed by atoms with Crippen molar-refractivity contribution >= 4 is 5.91 Å². The second-order valence-electron chi connectivity index (χ2n) is 4.59. The van der Waals surface area contributed by atoms with Crippen molar-refractivity contribution in [3.05, 3.63) is 0 Å². The summed E-state index contributed by atoms with van der Waals surface area (Å²) in [5.41, 5.74) is 3.37. The van der Waals surface area contributed by atoms with E-state index in [0.717, 1.165) is 39.1 Å². The Hall–Kier alpha value is -0.650. The van der Waals surface area contributed by atoms with Crippen LogP contribution in [-0.4, -0.2) is 74.6 Å². The minimum atomic E-state index is 0.208. The first-order chi connectivity index (χ1) is 7.59. The summed E-state index contributed by atoms with van der Waals surface area (Å²) in [6, 6.07) is 0. The first kappa shape index (κ1) is 13.4. The molecule has 1 rings (SSSR count). The maximum atomic E-state index is 11.3. The van der Waals surface area contributed by atoms with Crippen molar-refractivity contribution in [3.8, 4) is 0 Å². The molecule has 16 heavy (non-hydrogen) atoms. The first-order valence-corrected chi connectivity index (χ1v) is 5.96. The van der Waals surface area contributed by atoms with Gasteiger partial charge in [0.25, 0.3) is 0 Å². The number of piperazine rings is 1. The zero-order valence-electron chi connectivity index (χ0n) is 10.7. The number of nitrogens with one attached hydrogen (secondary N) is 1. The highest BCUT2D eigenvalue weighted by molar-refractivity contribution is 5.75. The van der Waals surface area contributed by atoms with E-state index in [4.69, 9.17) is 0 Å². The smallest absolute Gasteiger partial charge is 0.222 e. The van der Waals surface area contributed by atoms with Crippen molar-refractivity contribution in [2.45, 2.75) is 12.8 Å². The molecule has 5 nitrogen and oxygen atoms in total. The number of hydrogen-bond acceptors (Lipinski definition) is 4. The zero-order chi connectivity index (χ0) is 12.0. The summed E-state index contributed by atoms with van der Waals surface area (Å²) in [4.78, 5) is 15.3. The third kappa shape index (κ3) is 4.92. The van der Waals surface area contributed by atoms with Crippen molar-refractivity contribution < 1.29 is 4.79 Å². The van der Waals surface area contributed by atoms with Gasteiger partial charge in [-0.1, -0.05) is 0 Å². The molecule has 0 saturated carbocycles. The number of nitrogens with zero attached hydrogens (tertiary/aromatic N) is 3. The van der Waals surface area contributed by atoms with Gasteiger partial charge >= 0.3 is 0 Å². The monoisotopic (exact) mass is 228 g/mol. The molecule has 0 unspecified atom stereocenters. The Morgan fingerprint density at radius 1 is 1.25 bits per heavy atom. The van der Waals surface area contributed by atoms with Gasteiger partial charge in [0, 0.05) is 53.2 Å². The molecule has 0 atom stereocenters. The fourth-order valence-corrected chi connectivity index (χ4v) is 1.66. The van der Waals surface area contributed by atoms with Gasteiger partial charge in [0.1, 0.15) is 0 Å². The van der Waals surface area contributed by atoms with Gasteiger partial charge in [0.15, 0.2) is 0 Å². The molecule has 0 spiro atoms. The van der Waals surface area contributed by atoms with E-state index >= 15 is 0 Å². The van der Waals surface area contributed by atoms with Crippen LogP contribution < -0.4 is 5.43 Å². The summed E-state index contributed by atoms with van der Waals surface area (Å²) in [5, 5.41) is 2.25. The molecule has 1 fully saturated rings. The number of rotatable bonds is 5. The number of hydrazine groups is 1. The molecule has 0 bridgehead atoms. The normalized spacial score (nSPS) is 18.7. The Balaban J connectivity index is 2.01. The van der Waals surface area contributed by atoms with Crippen molar-refractivity contribution in [1.82, 2.24) is 20.2 Å². The van der Waals surface area contributed by atoms with Crippen LogP contribution in [0.3, 0.4) is 0 Å². The number of likely N-dealkylation sites (N-methyl/N-ethyl adjacent to an activating group) is 1. The van der Waals surface area contributed by atoms with E-state index in [9.17, 15) is 4.79 Å². The van der Waals surface area contributed by atoms with Gasteiger partial charge in [-0.2, -0.15) is 0 Å². The quantitative estimate of drug-likeness (QED) is 0.650. The lowest BCUT2D eigenvalue weighted by atomic mass is 10.3. The molecule has 1 N–H and O–H groups in total. The van der Waals surface area contributed by atoms with Gasteiger partial charge in [0.05, 0.1) is 0 Å². The molecule has 0 aliphatic carbocycles. The highest BCUT2D eigenvalue weighted by atomic mass is 16.2. The highest BCUT2D eigenvalue weighted by Crippen LogP contribution is 1.97. The Labute approximate surface area is 98.3 Å². The lowest BCUT2D eigenvalue weighted by Crippen LogP contribution is -2.50. The van der Waals surface area contributed by atoms with Crippen molar-refractivity contribution in [3.63, 3.8) is 0 Å². The predicted octanol–water partition coefficient (Wildman–Crippen LogP) is -0.393. The second-order valence-corrected chi connectivity index (χ2v) is 4.59. The molecule has 1 aliphatic heterocycles. The number of carbonyl (C=O) groups is 1. The Morgan fingerprint density at radius 3 is 2.44 bits per heavy atom. The van der Waals surface area contributed by atoms with E-state index in [0.29, 0.717) is 6.42 Å². The maximum Gasteiger partial charge on any atom is 0.222 e. The summed E-state index contributed by atoms with van der Waals surface area (Å²) in [6.07, 6.45) is 1.54. The molecule has 1 heterocycles. The van der Waals surface area contributed by atoms with E-state index in [1.165, 1.54) is 0 Å². The van der Waals surface area contributed by atoms with E-state index in [-0.39, 0.29) is 5.91 Å². The summed E-state index contributed by atoms with van der Waals surface area (Å²) in [7, 11) is 5.75. The third-order valence-corrected chi connectivity index (χ3v) is 2.90. The van der Waals surface area contributed by atoms with Crippen molar-refractivity contribution in [2.24, 2.45) is 0 Å². The van der Waals surface area contributed by atoms with Crippen LogP contribution >= 0.6 is 0 Å². The van der Waals surface area contributed by atoms with E-state index in [1.807, 2.05) is 0 Å². The second kappa shape index (κ2) is 6.83. The average molecular weight is 228 g/mol. The molecular formula is C11H24N4O. The van der Waals surface area contributed by atoms with E-state index in [1.54, 1.807) is 19.0 Å². The van der Waals surface area contributed by atoms with Crippen molar-refractivity contribution in [1.29, 1.82) is 0 Å². The lowest BCUT2D eigenvalue weighted by molar-refractivity contribution is -0.128. The number of amides is 1. The molecule has 1 amide bonds. The summed E-state index contributed by atoms with van der Waals surface area (Å²) in [6.45, 7) is 5.26. The number of hydrogen-bond donors (Lipinski definition) is 1. The molecule has 5 heteroatoms. The van der Waals surface area contributed by atoms with Crippen molar-refractivity contribution in [2.75, 3.05) is 53.9 Å². The molecule has 0 aromatic carbocycles. The van der Waals surface area contributed by atoms with Crippen LogP contribution in [-0.2, 0) is 4.79 Å². The predicted molar refractivity (Wildman–Crippen MR) is 65.0 cm³/mol. The molecule has 1 aliphatic rings. The molecule has 1 saturated heterocycles. The van der Waals surface area contributed by atoms with Crippen LogP contribution in [0, 0.1) is 0 Å². The van der Waals surface area contributed by atoms with E-state index < -0.39 is 0 Å². The molecular weight excluding hydrogens is 204 g/mol.